The van der Waals surface area contributed by atoms with E-state index in [2.05, 4.69) is 11.9 Å². The Labute approximate surface area is 138 Å². The Hall–Kier alpha value is -3.66. The molecular formula is C17H14N4O3. The molecule has 2 aromatic rings. The van der Waals surface area contributed by atoms with Gasteiger partial charge in [-0.25, -0.2) is 0 Å². The summed E-state index contributed by atoms with van der Waals surface area (Å²) in [5.41, 5.74) is 1.23. The Balaban J connectivity index is 2.34. The third-order valence-electron chi connectivity index (χ3n) is 3.18. The van der Waals surface area contributed by atoms with E-state index >= 15 is 0 Å². The molecule has 1 aromatic carbocycles. The van der Waals surface area contributed by atoms with Gasteiger partial charge in [-0.3, -0.25) is 14.9 Å². The highest BCUT2D eigenvalue weighted by Crippen LogP contribution is 2.19. The van der Waals surface area contributed by atoms with Crippen LogP contribution in [0.25, 0.3) is 11.8 Å². The maximum Gasteiger partial charge on any atom is 0.269 e. The molecule has 24 heavy (non-hydrogen) atoms. The SMILES string of the molecule is C=CCNC(=O)/C(C#N)=C/c1cccn1-c1ccc([N+](=O)[O-])cc1. The van der Waals surface area contributed by atoms with Crippen LogP contribution >= 0.6 is 0 Å². The maximum atomic E-state index is 11.9. The van der Waals surface area contributed by atoms with Crippen LogP contribution in [0.4, 0.5) is 5.69 Å². The van der Waals surface area contributed by atoms with Crippen LogP contribution in [0, 0.1) is 21.4 Å². The zero-order valence-electron chi connectivity index (χ0n) is 12.7. The molecule has 1 heterocycles. The van der Waals surface area contributed by atoms with Crippen molar-refractivity contribution < 1.29 is 9.72 Å². The second-order valence-electron chi connectivity index (χ2n) is 4.75. The molecule has 7 nitrogen and oxygen atoms in total. The van der Waals surface area contributed by atoms with Crippen molar-refractivity contribution in [1.82, 2.24) is 9.88 Å². The smallest absolute Gasteiger partial charge is 0.269 e. The van der Waals surface area contributed by atoms with Crippen molar-refractivity contribution in [1.29, 1.82) is 5.26 Å². The van der Waals surface area contributed by atoms with Gasteiger partial charge >= 0.3 is 0 Å². The molecular weight excluding hydrogens is 308 g/mol. The molecule has 0 unspecified atom stereocenters. The van der Waals surface area contributed by atoms with E-state index in [9.17, 15) is 14.9 Å². The lowest BCUT2D eigenvalue weighted by Gasteiger charge is -2.07. The van der Waals surface area contributed by atoms with Crippen LogP contribution in [0.3, 0.4) is 0 Å². The lowest BCUT2D eigenvalue weighted by Crippen LogP contribution is -2.24. The van der Waals surface area contributed by atoms with Crippen molar-refractivity contribution in [2.75, 3.05) is 6.54 Å². The van der Waals surface area contributed by atoms with Crippen molar-refractivity contribution in [3.05, 3.63) is 76.6 Å². The number of hydrogen-bond acceptors (Lipinski definition) is 4. The monoisotopic (exact) mass is 322 g/mol. The Morgan fingerprint density at radius 3 is 2.67 bits per heavy atom. The van der Waals surface area contributed by atoms with E-state index in [1.165, 1.54) is 24.3 Å². The molecule has 1 aromatic heterocycles. The van der Waals surface area contributed by atoms with Gasteiger partial charge in [0, 0.05) is 36.3 Å². The minimum absolute atomic E-state index is 0.00971. The number of aromatic nitrogens is 1. The number of non-ortho nitro benzene ring substituents is 1. The van der Waals surface area contributed by atoms with Gasteiger partial charge in [0.05, 0.1) is 4.92 Å². The zero-order chi connectivity index (χ0) is 17.5. The van der Waals surface area contributed by atoms with E-state index < -0.39 is 10.8 Å². The molecule has 0 spiro atoms. The fourth-order valence-corrected chi connectivity index (χ4v) is 2.04. The second-order valence-corrected chi connectivity index (χ2v) is 4.75. The Kier molecular flexibility index (Phi) is 5.26. The molecule has 0 aliphatic carbocycles. The number of carbonyl (C=O) groups excluding carboxylic acids is 1. The molecule has 0 saturated carbocycles. The van der Waals surface area contributed by atoms with Crippen LogP contribution in [0.15, 0.2) is 60.8 Å². The first kappa shape index (κ1) is 16.7. The standard InChI is InChI=1S/C17H14N4O3/c1-2-9-19-17(22)13(12-18)11-16-4-3-10-20(16)14-5-7-15(8-6-14)21(23)24/h2-8,10-11H,1,9H2,(H,19,22)/b13-11+. The second kappa shape index (κ2) is 7.56. The first-order valence-electron chi connectivity index (χ1n) is 7.00. The van der Waals surface area contributed by atoms with E-state index in [0.717, 1.165) is 0 Å². The normalized spacial score (nSPS) is 10.7. The van der Waals surface area contributed by atoms with E-state index in [1.807, 2.05) is 6.07 Å². The molecule has 7 heteroatoms. The lowest BCUT2D eigenvalue weighted by molar-refractivity contribution is -0.384. The molecule has 2 rings (SSSR count). The number of nitriles is 1. The van der Waals surface area contributed by atoms with E-state index in [1.54, 1.807) is 35.0 Å². The fourth-order valence-electron chi connectivity index (χ4n) is 2.04. The zero-order valence-corrected chi connectivity index (χ0v) is 12.7. The summed E-state index contributed by atoms with van der Waals surface area (Å²) in [5, 5.41) is 22.4. The molecule has 120 valence electrons. The highest BCUT2D eigenvalue weighted by atomic mass is 16.6. The van der Waals surface area contributed by atoms with E-state index in [-0.39, 0.29) is 17.8 Å². The largest absolute Gasteiger partial charge is 0.348 e. The number of carbonyl (C=O) groups is 1. The van der Waals surface area contributed by atoms with Gasteiger partial charge in [0.25, 0.3) is 11.6 Å². The third-order valence-corrected chi connectivity index (χ3v) is 3.18. The quantitative estimate of drug-likeness (QED) is 0.290. The topological polar surface area (TPSA) is 101 Å². The average molecular weight is 322 g/mol. The summed E-state index contributed by atoms with van der Waals surface area (Å²) in [7, 11) is 0. The Bertz CT molecular complexity index is 841. The van der Waals surface area contributed by atoms with E-state index in [0.29, 0.717) is 11.4 Å². The summed E-state index contributed by atoms with van der Waals surface area (Å²) in [5.74, 6) is -0.492. The third kappa shape index (κ3) is 3.75. The number of nitrogens with one attached hydrogen (secondary N) is 1. The summed E-state index contributed by atoms with van der Waals surface area (Å²) < 4.78 is 1.72. The van der Waals surface area contributed by atoms with Gasteiger partial charge in [0.15, 0.2) is 0 Å². The van der Waals surface area contributed by atoms with Crippen molar-refractivity contribution in [2.24, 2.45) is 0 Å². The molecule has 0 radical (unpaired) electrons. The number of nitrogens with zero attached hydrogens (tertiary/aromatic N) is 3. The van der Waals surface area contributed by atoms with Gasteiger partial charge in [-0.15, -0.1) is 6.58 Å². The maximum absolute atomic E-state index is 11.9. The Morgan fingerprint density at radius 2 is 2.08 bits per heavy atom. The van der Waals surface area contributed by atoms with Crippen molar-refractivity contribution in [3.8, 4) is 11.8 Å². The summed E-state index contributed by atoms with van der Waals surface area (Å²) in [6.45, 7) is 3.76. The molecule has 0 bridgehead atoms. The fraction of sp³-hybridized carbons (Fsp3) is 0.0588. The van der Waals surface area contributed by atoms with Gasteiger partial charge in [-0.05, 0) is 30.3 Å². The highest BCUT2D eigenvalue weighted by Gasteiger charge is 2.11. The minimum Gasteiger partial charge on any atom is -0.348 e. The number of rotatable bonds is 6. The van der Waals surface area contributed by atoms with Crippen molar-refractivity contribution in [3.63, 3.8) is 0 Å². The van der Waals surface area contributed by atoms with Gasteiger partial charge in [-0.1, -0.05) is 6.08 Å². The first-order chi connectivity index (χ1) is 11.6. The number of nitro groups is 1. The predicted molar refractivity (Wildman–Crippen MR) is 89.2 cm³/mol. The van der Waals surface area contributed by atoms with E-state index in [4.69, 9.17) is 5.26 Å². The molecule has 1 N–H and O–H groups in total. The van der Waals surface area contributed by atoms with Crippen LogP contribution in [0.5, 0.6) is 0 Å². The summed E-state index contributed by atoms with van der Waals surface area (Å²) in [6, 6.07) is 11.3. The number of nitro benzene ring substituents is 1. The number of benzene rings is 1. The van der Waals surface area contributed by atoms with Gasteiger partial charge < -0.3 is 9.88 Å². The van der Waals surface area contributed by atoms with Crippen LogP contribution in [-0.4, -0.2) is 21.9 Å². The van der Waals surface area contributed by atoms with Crippen LogP contribution in [0.2, 0.25) is 0 Å². The van der Waals surface area contributed by atoms with Crippen LogP contribution in [0.1, 0.15) is 5.69 Å². The van der Waals surface area contributed by atoms with Crippen LogP contribution < -0.4 is 5.32 Å². The molecule has 0 aliphatic heterocycles. The molecule has 1 amide bonds. The lowest BCUT2D eigenvalue weighted by atomic mass is 10.2. The van der Waals surface area contributed by atoms with Gasteiger partial charge in [0.2, 0.25) is 0 Å². The van der Waals surface area contributed by atoms with Gasteiger partial charge in [-0.2, -0.15) is 5.26 Å². The van der Waals surface area contributed by atoms with Crippen LogP contribution in [-0.2, 0) is 4.79 Å². The number of hydrogen-bond donors (Lipinski definition) is 1. The first-order valence-corrected chi connectivity index (χ1v) is 7.00. The molecule has 0 saturated heterocycles. The number of amides is 1. The van der Waals surface area contributed by atoms with Crippen molar-refractivity contribution in [2.45, 2.75) is 0 Å². The molecule has 0 fully saturated rings. The van der Waals surface area contributed by atoms with Gasteiger partial charge in [0.1, 0.15) is 11.6 Å². The summed E-state index contributed by atoms with van der Waals surface area (Å²) >= 11 is 0. The summed E-state index contributed by atoms with van der Waals surface area (Å²) in [6.07, 6.45) is 4.72. The predicted octanol–water partition coefficient (Wildman–Crippen LogP) is 2.59. The average Bonchev–Trinajstić information content (AvgIpc) is 3.05. The minimum atomic E-state index is -0.492. The summed E-state index contributed by atoms with van der Waals surface area (Å²) in [4.78, 5) is 22.1. The molecule has 0 atom stereocenters. The highest BCUT2D eigenvalue weighted by molar-refractivity contribution is 6.01. The molecule has 0 aliphatic rings. The Morgan fingerprint density at radius 1 is 1.38 bits per heavy atom. The van der Waals surface area contributed by atoms with Crippen molar-refractivity contribution >= 4 is 17.7 Å².